The Morgan fingerprint density at radius 2 is 2.19 bits per heavy atom. The molecule has 4 N–H and O–H groups in total. The van der Waals surface area contributed by atoms with E-state index in [1.54, 1.807) is 6.07 Å². The second-order valence-corrected chi connectivity index (χ2v) is 3.34. The summed E-state index contributed by atoms with van der Waals surface area (Å²) in [5.74, 6) is 7.37. The van der Waals surface area contributed by atoms with Gasteiger partial charge in [-0.05, 0) is 19.1 Å². The van der Waals surface area contributed by atoms with Gasteiger partial charge in [0.25, 0.3) is 0 Å². The number of hydrazine groups is 1. The molecule has 0 aliphatic rings. The van der Waals surface area contributed by atoms with Gasteiger partial charge in [0.05, 0.1) is 12.2 Å². The van der Waals surface area contributed by atoms with Crippen molar-refractivity contribution in [2.24, 2.45) is 5.84 Å². The maximum absolute atomic E-state index is 5.26. The number of nitrogens with zero attached hydrogens (tertiary/aromatic N) is 2. The Morgan fingerprint density at radius 1 is 1.38 bits per heavy atom. The molecule has 0 saturated carbocycles. The first kappa shape index (κ1) is 10.4. The van der Waals surface area contributed by atoms with E-state index in [0.717, 1.165) is 17.3 Å². The summed E-state index contributed by atoms with van der Waals surface area (Å²) in [5, 5.41) is 6.90. The van der Waals surface area contributed by atoms with Crippen LogP contribution < -0.4 is 16.6 Å². The number of nitrogens with two attached hydrogens (primary N) is 1. The molecule has 2 rings (SSSR count). The van der Waals surface area contributed by atoms with Gasteiger partial charge in [0.2, 0.25) is 0 Å². The molecule has 2 heterocycles. The van der Waals surface area contributed by atoms with Crippen LogP contribution in [0.5, 0.6) is 0 Å². The molecule has 0 aliphatic carbocycles. The average molecular weight is 219 g/mol. The van der Waals surface area contributed by atoms with Crippen molar-refractivity contribution in [2.75, 3.05) is 10.7 Å². The van der Waals surface area contributed by atoms with Crippen LogP contribution in [0.25, 0.3) is 0 Å². The van der Waals surface area contributed by atoms with Crippen molar-refractivity contribution < 1.29 is 4.52 Å². The first-order chi connectivity index (χ1) is 7.78. The number of anilines is 2. The van der Waals surface area contributed by atoms with Gasteiger partial charge in [0.15, 0.2) is 5.76 Å². The van der Waals surface area contributed by atoms with E-state index in [0.29, 0.717) is 12.4 Å². The Hall–Kier alpha value is -2.08. The zero-order chi connectivity index (χ0) is 11.4. The van der Waals surface area contributed by atoms with Crippen LogP contribution >= 0.6 is 0 Å². The van der Waals surface area contributed by atoms with Crippen molar-refractivity contribution >= 4 is 11.6 Å². The van der Waals surface area contributed by atoms with E-state index in [-0.39, 0.29) is 0 Å². The van der Waals surface area contributed by atoms with Crippen LogP contribution in [0, 0.1) is 6.92 Å². The van der Waals surface area contributed by atoms with Crippen LogP contribution in [0.15, 0.2) is 28.8 Å². The third-order valence-corrected chi connectivity index (χ3v) is 2.02. The fourth-order valence-electron chi connectivity index (χ4n) is 1.29. The van der Waals surface area contributed by atoms with E-state index in [1.807, 2.05) is 25.1 Å². The van der Waals surface area contributed by atoms with Crippen molar-refractivity contribution in [1.82, 2.24) is 10.1 Å². The van der Waals surface area contributed by atoms with Crippen LogP contribution in [0.4, 0.5) is 11.6 Å². The molecule has 16 heavy (non-hydrogen) atoms. The lowest BCUT2D eigenvalue weighted by Gasteiger charge is -2.04. The number of rotatable bonds is 4. The third kappa shape index (κ3) is 2.48. The third-order valence-electron chi connectivity index (χ3n) is 2.02. The molecule has 0 fully saturated rings. The van der Waals surface area contributed by atoms with E-state index in [9.17, 15) is 0 Å². The fraction of sp³-hybridized carbons (Fsp3) is 0.200. The summed E-state index contributed by atoms with van der Waals surface area (Å²) < 4.78 is 5.06. The quantitative estimate of drug-likeness (QED) is 0.530. The van der Waals surface area contributed by atoms with Gasteiger partial charge in [0.1, 0.15) is 11.6 Å². The first-order valence-electron chi connectivity index (χ1n) is 4.87. The Morgan fingerprint density at radius 3 is 2.88 bits per heavy atom. The lowest BCUT2D eigenvalue weighted by Crippen LogP contribution is -2.09. The summed E-state index contributed by atoms with van der Waals surface area (Å²) in [6.07, 6.45) is 0. The molecule has 2 aromatic heterocycles. The van der Waals surface area contributed by atoms with Crippen molar-refractivity contribution in [3.05, 3.63) is 35.7 Å². The molecule has 0 atom stereocenters. The fourth-order valence-corrected chi connectivity index (χ4v) is 1.29. The van der Waals surface area contributed by atoms with Crippen LogP contribution in [-0.2, 0) is 6.54 Å². The molecule has 6 heteroatoms. The molecule has 2 aromatic rings. The second-order valence-electron chi connectivity index (χ2n) is 3.34. The van der Waals surface area contributed by atoms with Crippen molar-refractivity contribution in [3.8, 4) is 0 Å². The topological polar surface area (TPSA) is 89.0 Å². The van der Waals surface area contributed by atoms with E-state index in [2.05, 4.69) is 20.9 Å². The van der Waals surface area contributed by atoms with E-state index < -0.39 is 0 Å². The highest BCUT2D eigenvalue weighted by molar-refractivity contribution is 5.44. The minimum atomic E-state index is 0.544. The molecule has 0 spiro atoms. The number of nitrogen functional groups attached to an aromatic ring is 1. The van der Waals surface area contributed by atoms with Crippen LogP contribution in [0.2, 0.25) is 0 Å². The zero-order valence-electron chi connectivity index (χ0n) is 8.90. The maximum Gasteiger partial charge on any atom is 0.156 e. The first-order valence-corrected chi connectivity index (χ1v) is 4.87. The molecule has 6 nitrogen and oxygen atoms in total. The highest BCUT2D eigenvalue weighted by atomic mass is 16.5. The molecule has 0 bridgehead atoms. The summed E-state index contributed by atoms with van der Waals surface area (Å²) in [7, 11) is 0. The highest BCUT2D eigenvalue weighted by Crippen LogP contribution is 2.10. The standard InChI is InChI=1S/C10H13N5O/c1-7-5-8(16-15-7)6-12-9-3-2-4-10(13-9)14-11/h2-5H,6,11H2,1H3,(H2,12,13,14). The predicted octanol–water partition coefficient (Wildman–Crippen LogP) is 1.28. The summed E-state index contributed by atoms with van der Waals surface area (Å²) in [6.45, 7) is 2.42. The molecule has 0 aromatic carbocycles. The Kier molecular flexibility index (Phi) is 3.02. The van der Waals surface area contributed by atoms with Crippen molar-refractivity contribution in [3.63, 3.8) is 0 Å². The molecular weight excluding hydrogens is 206 g/mol. The second kappa shape index (κ2) is 4.63. The average Bonchev–Trinajstić information content (AvgIpc) is 2.73. The molecule has 0 amide bonds. The van der Waals surface area contributed by atoms with Crippen LogP contribution in [0.1, 0.15) is 11.5 Å². The van der Waals surface area contributed by atoms with Gasteiger partial charge in [0, 0.05) is 6.07 Å². The van der Waals surface area contributed by atoms with Crippen molar-refractivity contribution in [1.29, 1.82) is 0 Å². The molecule has 0 aliphatic heterocycles. The highest BCUT2D eigenvalue weighted by Gasteiger charge is 2.01. The summed E-state index contributed by atoms with van der Waals surface area (Å²) >= 11 is 0. The van der Waals surface area contributed by atoms with Gasteiger partial charge >= 0.3 is 0 Å². The number of pyridine rings is 1. The van der Waals surface area contributed by atoms with E-state index in [1.165, 1.54) is 0 Å². The van der Waals surface area contributed by atoms with Gasteiger partial charge in [-0.2, -0.15) is 0 Å². The van der Waals surface area contributed by atoms with E-state index >= 15 is 0 Å². The van der Waals surface area contributed by atoms with Crippen molar-refractivity contribution in [2.45, 2.75) is 13.5 Å². The largest absolute Gasteiger partial charge is 0.363 e. The molecule has 0 saturated heterocycles. The normalized spacial score (nSPS) is 10.1. The Labute approximate surface area is 92.8 Å². The number of hydrogen-bond donors (Lipinski definition) is 3. The van der Waals surface area contributed by atoms with Gasteiger partial charge < -0.3 is 15.3 Å². The lowest BCUT2D eigenvalue weighted by atomic mass is 10.4. The van der Waals surface area contributed by atoms with Crippen LogP contribution in [-0.4, -0.2) is 10.1 Å². The summed E-state index contributed by atoms with van der Waals surface area (Å²) in [6, 6.07) is 7.36. The lowest BCUT2D eigenvalue weighted by molar-refractivity contribution is 0.384. The number of hydrogen-bond acceptors (Lipinski definition) is 6. The van der Waals surface area contributed by atoms with Crippen LogP contribution in [0.3, 0.4) is 0 Å². The minimum Gasteiger partial charge on any atom is -0.363 e. The molecule has 0 radical (unpaired) electrons. The van der Waals surface area contributed by atoms with Gasteiger partial charge in [-0.1, -0.05) is 11.2 Å². The molecular formula is C10H13N5O. The Balaban J connectivity index is 1.99. The summed E-state index contributed by atoms with van der Waals surface area (Å²) in [5.41, 5.74) is 3.35. The SMILES string of the molecule is Cc1cc(CNc2cccc(NN)n2)on1. The monoisotopic (exact) mass is 219 g/mol. The van der Waals surface area contributed by atoms with Gasteiger partial charge in [-0.25, -0.2) is 10.8 Å². The zero-order valence-corrected chi connectivity index (χ0v) is 8.90. The number of aryl methyl sites for hydroxylation is 1. The van der Waals surface area contributed by atoms with Gasteiger partial charge in [-0.3, -0.25) is 0 Å². The number of aromatic nitrogens is 2. The predicted molar refractivity (Wildman–Crippen MR) is 60.6 cm³/mol. The summed E-state index contributed by atoms with van der Waals surface area (Å²) in [4.78, 5) is 4.20. The smallest absolute Gasteiger partial charge is 0.156 e. The molecule has 84 valence electrons. The maximum atomic E-state index is 5.26. The number of nitrogens with one attached hydrogen (secondary N) is 2. The van der Waals surface area contributed by atoms with Gasteiger partial charge in [-0.15, -0.1) is 0 Å². The Bertz CT molecular complexity index is 468. The minimum absolute atomic E-state index is 0.544. The molecule has 0 unspecified atom stereocenters. The van der Waals surface area contributed by atoms with E-state index in [4.69, 9.17) is 10.4 Å².